The Balaban J connectivity index is 2.02. The molecular weight excluding hydrogens is 410 g/mol. The molecule has 0 spiro atoms. The molecule has 29 heavy (non-hydrogen) atoms. The summed E-state index contributed by atoms with van der Waals surface area (Å²) in [6.45, 7) is 1.10. The summed E-state index contributed by atoms with van der Waals surface area (Å²) in [5.74, 6) is 0.415. The minimum Gasteiger partial charge on any atom is -0.497 e. The predicted molar refractivity (Wildman–Crippen MR) is 116 cm³/mol. The highest BCUT2D eigenvalue weighted by molar-refractivity contribution is 7.90. The van der Waals surface area contributed by atoms with Crippen LogP contribution in [0.2, 0.25) is 0 Å². The molecule has 9 heteroatoms. The number of hydrogen-bond donors (Lipinski definition) is 0. The van der Waals surface area contributed by atoms with Crippen molar-refractivity contribution >= 4 is 42.4 Å². The van der Waals surface area contributed by atoms with E-state index < -0.39 is 9.84 Å². The van der Waals surface area contributed by atoms with Gasteiger partial charge in [0.15, 0.2) is 15.0 Å². The van der Waals surface area contributed by atoms with Gasteiger partial charge in [-0.2, -0.15) is 0 Å². The van der Waals surface area contributed by atoms with Crippen molar-refractivity contribution in [3.63, 3.8) is 0 Å². The second kappa shape index (κ2) is 8.48. The number of rotatable bonds is 7. The Morgan fingerprint density at radius 1 is 1.14 bits per heavy atom. The smallest absolute Gasteiger partial charge is 0.260 e. The van der Waals surface area contributed by atoms with Crippen molar-refractivity contribution in [2.75, 3.05) is 45.5 Å². The van der Waals surface area contributed by atoms with E-state index in [2.05, 4.69) is 4.98 Å². The Morgan fingerprint density at radius 2 is 1.90 bits per heavy atom. The van der Waals surface area contributed by atoms with E-state index in [1.807, 2.05) is 19.0 Å². The van der Waals surface area contributed by atoms with E-state index in [4.69, 9.17) is 4.74 Å². The maximum Gasteiger partial charge on any atom is 0.260 e. The second-order valence-electron chi connectivity index (χ2n) is 6.89. The van der Waals surface area contributed by atoms with Crippen LogP contribution in [0.3, 0.4) is 0 Å². The normalized spacial score (nSPS) is 11.8. The molecule has 7 nitrogen and oxygen atoms in total. The van der Waals surface area contributed by atoms with Crippen molar-refractivity contribution < 1.29 is 17.9 Å². The van der Waals surface area contributed by atoms with Crippen LogP contribution >= 0.6 is 11.3 Å². The Kier molecular flexibility index (Phi) is 6.21. The summed E-state index contributed by atoms with van der Waals surface area (Å²) >= 11 is 1.30. The Bertz CT molecular complexity index is 1140. The zero-order valence-electron chi connectivity index (χ0n) is 16.7. The van der Waals surface area contributed by atoms with Crippen LogP contribution in [0, 0.1) is 0 Å². The lowest BCUT2D eigenvalue weighted by Crippen LogP contribution is -2.36. The summed E-state index contributed by atoms with van der Waals surface area (Å²) in [6.07, 6.45) is 1.17. The van der Waals surface area contributed by atoms with E-state index >= 15 is 0 Å². The fourth-order valence-electron chi connectivity index (χ4n) is 2.73. The number of anilines is 1. The van der Waals surface area contributed by atoms with Crippen LogP contribution in [-0.2, 0) is 9.84 Å². The van der Waals surface area contributed by atoms with E-state index in [1.54, 1.807) is 48.4 Å². The number of fused-ring (bicyclic) bond motifs is 1. The predicted octanol–water partition coefficient (Wildman–Crippen LogP) is 2.92. The minimum absolute atomic E-state index is 0.187. The molecular formula is C20H23N3O4S2. The van der Waals surface area contributed by atoms with Crippen LogP contribution in [0.15, 0.2) is 47.4 Å². The molecule has 1 heterocycles. The number of carbonyl (C=O) groups is 1. The monoisotopic (exact) mass is 433 g/mol. The second-order valence-corrected chi connectivity index (χ2v) is 9.91. The third kappa shape index (κ3) is 4.92. The molecule has 3 aromatic rings. The lowest BCUT2D eigenvalue weighted by molar-refractivity contribution is 0.0985. The van der Waals surface area contributed by atoms with Crippen LogP contribution < -0.4 is 9.64 Å². The van der Waals surface area contributed by atoms with Gasteiger partial charge in [0.05, 0.1) is 22.2 Å². The van der Waals surface area contributed by atoms with E-state index in [9.17, 15) is 13.2 Å². The molecule has 0 radical (unpaired) electrons. The van der Waals surface area contributed by atoms with Gasteiger partial charge in [0.1, 0.15) is 5.75 Å². The molecule has 0 saturated heterocycles. The van der Waals surface area contributed by atoms with Gasteiger partial charge in [-0.15, -0.1) is 0 Å². The first-order valence-corrected chi connectivity index (χ1v) is 11.6. The summed E-state index contributed by atoms with van der Waals surface area (Å²) in [6, 6.07) is 11.8. The average Bonchev–Trinajstić information content (AvgIpc) is 3.10. The fraction of sp³-hybridized carbons (Fsp3) is 0.300. The van der Waals surface area contributed by atoms with Gasteiger partial charge < -0.3 is 9.64 Å². The molecule has 0 fully saturated rings. The maximum atomic E-state index is 13.3. The topological polar surface area (TPSA) is 79.8 Å². The van der Waals surface area contributed by atoms with Gasteiger partial charge >= 0.3 is 0 Å². The number of ether oxygens (including phenoxy) is 1. The molecule has 0 aliphatic carbocycles. The number of carbonyl (C=O) groups excluding carboxylic acids is 1. The third-order valence-electron chi connectivity index (χ3n) is 4.34. The average molecular weight is 434 g/mol. The van der Waals surface area contributed by atoms with Gasteiger partial charge in [0.2, 0.25) is 0 Å². The summed E-state index contributed by atoms with van der Waals surface area (Å²) in [7, 11) is 2.11. The highest BCUT2D eigenvalue weighted by atomic mass is 32.2. The third-order valence-corrected chi connectivity index (χ3v) is 6.49. The summed E-state index contributed by atoms with van der Waals surface area (Å²) in [4.78, 5) is 21.7. The van der Waals surface area contributed by atoms with Gasteiger partial charge in [-0.25, -0.2) is 13.4 Å². The summed E-state index contributed by atoms with van der Waals surface area (Å²) < 4.78 is 29.7. The molecule has 0 N–H and O–H groups in total. The zero-order chi connectivity index (χ0) is 21.2. The number of thiazole rings is 1. The van der Waals surface area contributed by atoms with Gasteiger partial charge in [0, 0.05) is 24.9 Å². The van der Waals surface area contributed by atoms with E-state index in [1.165, 1.54) is 23.7 Å². The standard InChI is InChI=1S/C20H23N3O4S2/c1-22(2)10-11-23(19(24)14-6-5-7-15(12-14)27-3)20-21-17-9-8-16(29(4,25)26)13-18(17)28-20/h5-9,12-13H,10-11H2,1-4H3. The largest absolute Gasteiger partial charge is 0.497 e. The molecule has 0 aliphatic rings. The van der Waals surface area contributed by atoms with Crippen molar-refractivity contribution in [2.24, 2.45) is 0 Å². The van der Waals surface area contributed by atoms with Gasteiger partial charge in [-0.3, -0.25) is 9.69 Å². The van der Waals surface area contributed by atoms with Crippen molar-refractivity contribution in [2.45, 2.75) is 4.90 Å². The van der Waals surface area contributed by atoms with Gasteiger partial charge in [-0.1, -0.05) is 17.4 Å². The summed E-state index contributed by atoms with van der Waals surface area (Å²) in [5, 5.41) is 0.528. The Labute approximate surface area is 174 Å². The van der Waals surface area contributed by atoms with Crippen molar-refractivity contribution in [3.8, 4) is 5.75 Å². The van der Waals surface area contributed by atoms with E-state index in [0.717, 1.165) is 4.70 Å². The maximum absolute atomic E-state index is 13.3. The van der Waals surface area contributed by atoms with Gasteiger partial charge in [-0.05, 0) is 50.5 Å². The molecule has 2 aromatic carbocycles. The van der Waals surface area contributed by atoms with Crippen molar-refractivity contribution in [3.05, 3.63) is 48.0 Å². The van der Waals surface area contributed by atoms with Crippen LogP contribution in [-0.4, -0.2) is 64.8 Å². The molecule has 0 bridgehead atoms. The van der Waals surface area contributed by atoms with E-state index in [0.29, 0.717) is 35.1 Å². The number of nitrogens with zero attached hydrogens (tertiary/aromatic N) is 3. The van der Waals surface area contributed by atoms with E-state index in [-0.39, 0.29) is 10.8 Å². The molecule has 1 amide bonds. The first-order chi connectivity index (χ1) is 13.7. The van der Waals surface area contributed by atoms with Crippen LogP contribution in [0.5, 0.6) is 5.75 Å². The number of benzene rings is 2. The van der Waals surface area contributed by atoms with Crippen LogP contribution in [0.1, 0.15) is 10.4 Å². The lowest BCUT2D eigenvalue weighted by atomic mass is 10.2. The molecule has 0 aliphatic heterocycles. The quantitative estimate of drug-likeness (QED) is 0.570. The molecule has 1 aromatic heterocycles. The highest BCUT2D eigenvalue weighted by Crippen LogP contribution is 2.31. The first kappa shape index (κ1) is 21.2. The van der Waals surface area contributed by atoms with Crippen molar-refractivity contribution in [1.82, 2.24) is 9.88 Å². The molecule has 0 unspecified atom stereocenters. The number of methoxy groups -OCH3 is 1. The molecule has 154 valence electrons. The number of likely N-dealkylation sites (N-methyl/N-ethyl adjacent to an activating group) is 1. The lowest BCUT2D eigenvalue weighted by Gasteiger charge is -2.22. The SMILES string of the molecule is COc1cccc(C(=O)N(CCN(C)C)c2nc3ccc(S(C)(=O)=O)cc3s2)c1. The molecule has 0 saturated carbocycles. The Morgan fingerprint density at radius 3 is 2.55 bits per heavy atom. The number of amides is 1. The molecule has 0 atom stereocenters. The zero-order valence-corrected chi connectivity index (χ0v) is 18.4. The first-order valence-electron chi connectivity index (χ1n) is 8.90. The van der Waals surface area contributed by atoms with Crippen LogP contribution in [0.25, 0.3) is 10.2 Å². The number of aromatic nitrogens is 1. The molecule has 3 rings (SSSR count). The fourth-order valence-corrected chi connectivity index (χ4v) is 4.49. The van der Waals surface area contributed by atoms with Crippen LogP contribution in [0.4, 0.5) is 5.13 Å². The Hall–Kier alpha value is -2.49. The van der Waals surface area contributed by atoms with Gasteiger partial charge in [0.25, 0.3) is 5.91 Å². The van der Waals surface area contributed by atoms with Crippen molar-refractivity contribution in [1.29, 1.82) is 0 Å². The minimum atomic E-state index is -3.32. The number of hydrogen-bond acceptors (Lipinski definition) is 7. The number of sulfone groups is 1. The highest BCUT2D eigenvalue weighted by Gasteiger charge is 2.22. The summed E-state index contributed by atoms with van der Waals surface area (Å²) in [5.41, 5.74) is 1.16.